The number of carbonyl (C=O) groups is 3. The van der Waals surface area contributed by atoms with E-state index in [0.717, 1.165) is 28.0 Å². The lowest BCUT2D eigenvalue weighted by Crippen LogP contribution is -2.46. The second-order valence-corrected chi connectivity index (χ2v) is 11.5. The minimum absolute atomic E-state index is 0.0754. The minimum Gasteiger partial charge on any atom is -0.508 e. The van der Waals surface area contributed by atoms with Gasteiger partial charge >= 0.3 is 13.1 Å². The Morgan fingerprint density at radius 3 is 2.67 bits per heavy atom. The van der Waals surface area contributed by atoms with Gasteiger partial charge in [0.05, 0.1) is 23.6 Å². The van der Waals surface area contributed by atoms with Crippen molar-refractivity contribution in [1.82, 2.24) is 9.88 Å². The van der Waals surface area contributed by atoms with E-state index in [1.54, 1.807) is 24.4 Å². The van der Waals surface area contributed by atoms with Crippen molar-refractivity contribution >= 4 is 36.6 Å². The number of carboxylic acids is 1. The Morgan fingerprint density at radius 1 is 1.10 bits per heavy atom. The van der Waals surface area contributed by atoms with Gasteiger partial charge in [-0.25, -0.2) is 0 Å². The molecule has 4 atom stereocenters. The third-order valence-corrected chi connectivity index (χ3v) is 8.70. The molecule has 3 heterocycles. The van der Waals surface area contributed by atoms with Crippen LogP contribution in [0.3, 0.4) is 0 Å². The van der Waals surface area contributed by atoms with E-state index in [0.29, 0.717) is 45.1 Å². The van der Waals surface area contributed by atoms with Crippen LogP contribution < -0.4 is 0 Å². The van der Waals surface area contributed by atoms with Gasteiger partial charge < -0.3 is 19.9 Å². The zero-order chi connectivity index (χ0) is 29.8. The molecule has 2 aliphatic heterocycles. The van der Waals surface area contributed by atoms with Crippen molar-refractivity contribution in [2.24, 2.45) is 17.8 Å². The number of rotatable bonds is 11. The summed E-state index contributed by atoms with van der Waals surface area (Å²) < 4.78 is 6.08. The van der Waals surface area contributed by atoms with Crippen molar-refractivity contribution in [3.8, 4) is 5.75 Å². The van der Waals surface area contributed by atoms with Crippen LogP contribution in [0, 0.1) is 17.8 Å². The molecule has 3 N–H and O–H groups in total. The number of amides is 2. The SMILES string of the molecule is CC1=C2[C@@H](CC/C(=C/c3cccc(O)c3)c3ccccn3)OB(O)C[C@@H]2[C@@H]2C(=O)N(CCCCCC(=O)O)C(=O)[C@@H]2C1. The van der Waals surface area contributed by atoms with Gasteiger partial charge in [-0.1, -0.05) is 30.2 Å². The van der Waals surface area contributed by atoms with Gasteiger partial charge in [0.15, 0.2) is 0 Å². The van der Waals surface area contributed by atoms with Crippen molar-refractivity contribution in [2.45, 2.75) is 64.3 Å². The molecule has 9 nitrogen and oxygen atoms in total. The Labute approximate surface area is 246 Å². The normalized spacial score (nSPS) is 24.2. The van der Waals surface area contributed by atoms with Crippen LogP contribution in [0.2, 0.25) is 6.32 Å². The number of aliphatic carboxylic acids is 1. The predicted octanol–water partition coefficient (Wildman–Crippen LogP) is 4.57. The molecule has 1 aromatic carbocycles. The zero-order valence-electron chi connectivity index (χ0n) is 23.8. The first-order valence-corrected chi connectivity index (χ1v) is 14.7. The highest BCUT2D eigenvalue weighted by Crippen LogP contribution is 2.50. The molecule has 0 radical (unpaired) electrons. The van der Waals surface area contributed by atoms with E-state index in [9.17, 15) is 24.5 Å². The number of unbranched alkanes of at least 4 members (excludes halogenated alkanes) is 2. The Bertz CT molecular complexity index is 1390. The first-order chi connectivity index (χ1) is 20.2. The number of phenolic OH excluding ortho intramolecular Hbond substituents is 1. The second kappa shape index (κ2) is 13.0. The summed E-state index contributed by atoms with van der Waals surface area (Å²) in [5, 5.41) is 29.6. The molecule has 2 fully saturated rings. The summed E-state index contributed by atoms with van der Waals surface area (Å²) >= 11 is 0. The van der Waals surface area contributed by atoms with Crippen molar-refractivity contribution in [3.63, 3.8) is 0 Å². The lowest BCUT2D eigenvalue weighted by atomic mass is 9.58. The van der Waals surface area contributed by atoms with Crippen molar-refractivity contribution in [3.05, 3.63) is 71.1 Å². The van der Waals surface area contributed by atoms with E-state index < -0.39 is 31.0 Å². The van der Waals surface area contributed by atoms with Crippen LogP contribution in [0.5, 0.6) is 5.75 Å². The van der Waals surface area contributed by atoms with Gasteiger partial charge in [-0.15, -0.1) is 0 Å². The smallest absolute Gasteiger partial charge is 0.455 e. The third kappa shape index (κ3) is 6.50. The fourth-order valence-corrected chi connectivity index (χ4v) is 6.86. The Morgan fingerprint density at radius 2 is 1.93 bits per heavy atom. The maximum Gasteiger partial charge on any atom is 0.455 e. The van der Waals surface area contributed by atoms with E-state index in [4.69, 9.17) is 9.76 Å². The number of pyridine rings is 1. The lowest BCUT2D eigenvalue weighted by Gasteiger charge is -2.42. The maximum absolute atomic E-state index is 13.6. The molecule has 0 spiro atoms. The monoisotopic (exact) mass is 572 g/mol. The summed E-state index contributed by atoms with van der Waals surface area (Å²) in [7, 11) is -1.04. The number of hydrogen-bond donors (Lipinski definition) is 3. The van der Waals surface area contributed by atoms with Crippen LogP contribution in [0.1, 0.15) is 63.1 Å². The summed E-state index contributed by atoms with van der Waals surface area (Å²) in [6.07, 6.45) is 6.99. The van der Waals surface area contributed by atoms with E-state index in [1.165, 1.54) is 4.90 Å². The van der Waals surface area contributed by atoms with E-state index in [2.05, 4.69) is 4.98 Å². The molecule has 220 valence electrons. The summed E-state index contributed by atoms with van der Waals surface area (Å²) in [4.78, 5) is 43.6. The van der Waals surface area contributed by atoms with Crippen LogP contribution in [-0.4, -0.2) is 62.7 Å². The van der Waals surface area contributed by atoms with Gasteiger partial charge in [0.2, 0.25) is 11.8 Å². The Balaban J connectivity index is 1.34. The van der Waals surface area contributed by atoms with Crippen LogP contribution in [0.25, 0.3) is 11.6 Å². The van der Waals surface area contributed by atoms with Gasteiger partial charge in [-0.2, -0.15) is 0 Å². The Hall–Kier alpha value is -3.76. The average molecular weight is 572 g/mol. The molecule has 0 saturated carbocycles. The highest BCUT2D eigenvalue weighted by molar-refractivity contribution is 6.43. The molecule has 3 aliphatic rings. The van der Waals surface area contributed by atoms with Gasteiger partial charge in [-0.05, 0) is 98.3 Å². The van der Waals surface area contributed by atoms with Crippen molar-refractivity contribution in [1.29, 1.82) is 0 Å². The van der Waals surface area contributed by atoms with Gasteiger partial charge in [0.25, 0.3) is 0 Å². The van der Waals surface area contributed by atoms with E-state index >= 15 is 0 Å². The summed E-state index contributed by atoms with van der Waals surface area (Å²) in [6.45, 7) is 2.29. The van der Waals surface area contributed by atoms with Gasteiger partial charge in [0.1, 0.15) is 5.75 Å². The largest absolute Gasteiger partial charge is 0.508 e. The number of likely N-dealkylation sites (tertiary alicyclic amines) is 1. The topological polar surface area (TPSA) is 137 Å². The number of carbonyl (C=O) groups excluding carboxylic acids is 2. The van der Waals surface area contributed by atoms with Crippen LogP contribution in [0.15, 0.2) is 59.8 Å². The summed E-state index contributed by atoms with van der Waals surface area (Å²) in [5.74, 6) is -2.26. The number of aromatic nitrogens is 1. The van der Waals surface area contributed by atoms with Crippen LogP contribution >= 0.6 is 0 Å². The lowest BCUT2D eigenvalue weighted by molar-refractivity contribution is -0.141. The van der Waals surface area contributed by atoms with Crippen molar-refractivity contribution < 1.29 is 34.3 Å². The Kier molecular flexibility index (Phi) is 9.23. The number of fused-ring (bicyclic) bond motifs is 3. The maximum atomic E-state index is 13.6. The summed E-state index contributed by atoms with van der Waals surface area (Å²) in [6, 6.07) is 12.7. The third-order valence-electron chi connectivity index (χ3n) is 8.70. The molecule has 1 aromatic heterocycles. The molecular formula is C32H37BN2O7. The molecule has 1 aliphatic carbocycles. The average Bonchev–Trinajstić information content (AvgIpc) is 3.19. The number of nitrogens with zero attached hydrogens (tertiary/aromatic N) is 2. The summed E-state index contributed by atoms with van der Waals surface area (Å²) in [5.41, 5.74) is 4.66. The fourth-order valence-electron chi connectivity index (χ4n) is 6.86. The van der Waals surface area contributed by atoms with Crippen molar-refractivity contribution in [2.75, 3.05) is 6.54 Å². The molecule has 10 heteroatoms. The van der Waals surface area contributed by atoms with E-state index in [1.807, 2.05) is 37.3 Å². The minimum atomic E-state index is -1.04. The van der Waals surface area contributed by atoms with Gasteiger partial charge in [-0.3, -0.25) is 24.3 Å². The second-order valence-electron chi connectivity index (χ2n) is 11.5. The number of carboxylic acid groups (broad SMARTS) is 1. The number of phenols is 1. The van der Waals surface area contributed by atoms with Gasteiger partial charge in [0, 0.05) is 19.2 Å². The molecular weight excluding hydrogens is 535 g/mol. The zero-order valence-corrected chi connectivity index (χ0v) is 23.8. The predicted molar refractivity (Wildman–Crippen MR) is 158 cm³/mol. The van der Waals surface area contributed by atoms with Crippen LogP contribution in [-0.2, 0) is 19.0 Å². The number of benzene rings is 1. The molecule has 42 heavy (non-hydrogen) atoms. The molecule has 2 aromatic rings. The first-order valence-electron chi connectivity index (χ1n) is 14.7. The standard InChI is InChI=1S/C32H37BN2O7/c1-20-16-24-30(32(40)35(31(24)39)15-6-2-3-11-28(37)38)25-19-33(41)42-27(29(20)25)13-12-22(26-10-4-5-14-34-26)17-21-8-7-9-23(36)18-21/h4-5,7-10,14,17-18,24-25,27,30,36,41H,2-3,6,11-13,15-16,19H2,1H3,(H,37,38)/b22-17-/t24-,25+,27-,30-/m1/s1. The molecule has 2 amide bonds. The first kappa shape index (κ1) is 29.7. The molecule has 2 saturated heterocycles. The molecule has 0 bridgehead atoms. The molecule has 0 unspecified atom stereocenters. The fraction of sp³-hybridized carbons (Fsp3) is 0.438. The number of allylic oxidation sites excluding steroid dienone is 2. The highest BCUT2D eigenvalue weighted by atomic mass is 16.5. The highest BCUT2D eigenvalue weighted by Gasteiger charge is 2.56. The van der Waals surface area contributed by atoms with Crippen LogP contribution in [0.4, 0.5) is 0 Å². The number of aromatic hydroxyl groups is 1. The quantitative estimate of drug-likeness (QED) is 0.154. The molecule has 5 rings (SSSR count). The van der Waals surface area contributed by atoms with E-state index in [-0.39, 0.29) is 36.2 Å². The number of hydrogen-bond acceptors (Lipinski definition) is 7. The number of imide groups is 1.